The minimum absolute atomic E-state index is 0.263. The van der Waals surface area contributed by atoms with Crippen LogP contribution in [-0.4, -0.2) is 19.0 Å². The fourth-order valence-electron chi connectivity index (χ4n) is 1.52. The molecule has 0 radical (unpaired) electrons. The van der Waals surface area contributed by atoms with Gasteiger partial charge in [0.2, 0.25) is 0 Å². The quantitative estimate of drug-likeness (QED) is 0.865. The number of carbonyl (C=O) groups is 1. The van der Waals surface area contributed by atoms with Crippen molar-refractivity contribution < 1.29 is 9.53 Å². The number of methoxy groups -OCH3 is 1. The largest absolute Gasteiger partial charge is 0.497 e. The van der Waals surface area contributed by atoms with E-state index in [4.69, 9.17) is 10.5 Å². The van der Waals surface area contributed by atoms with Crippen LogP contribution >= 0.6 is 15.9 Å². The zero-order valence-corrected chi connectivity index (χ0v) is 10.1. The summed E-state index contributed by atoms with van der Waals surface area (Å²) in [6, 6.07) is 4.65. The number of urea groups is 1. The molecule has 2 amide bonds. The van der Waals surface area contributed by atoms with E-state index in [1.54, 1.807) is 7.11 Å². The lowest BCUT2D eigenvalue weighted by Gasteiger charge is -2.14. The first kappa shape index (κ1) is 10.9. The van der Waals surface area contributed by atoms with Crippen molar-refractivity contribution in [1.29, 1.82) is 0 Å². The van der Waals surface area contributed by atoms with E-state index in [2.05, 4.69) is 26.2 Å². The lowest BCUT2D eigenvalue weighted by Crippen LogP contribution is -2.28. The second kappa shape index (κ2) is 4.13. The van der Waals surface area contributed by atoms with Gasteiger partial charge in [-0.3, -0.25) is 0 Å². The van der Waals surface area contributed by atoms with Crippen LogP contribution in [0.5, 0.6) is 5.75 Å². The van der Waals surface area contributed by atoms with Gasteiger partial charge in [0.1, 0.15) is 17.6 Å². The van der Waals surface area contributed by atoms with Crippen molar-refractivity contribution in [2.45, 2.75) is 6.04 Å². The first-order valence-corrected chi connectivity index (χ1v) is 5.39. The van der Waals surface area contributed by atoms with Crippen LogP contribution in [0, 0.1) is 0 Å². The third kappa shape index (κ3) is 1.88. The molecule has 2 rings (SSSR count). The lowest BCUT2D eigenvalue weighted by atomic mass is 10.1. The molecule has 5 nitrogen and oxygen atoms in total. The molecule has 6 heteroatoms. The van der Waals surface area contributed by atoms with E-state index in [0.29, 0.717) is 5.75 Å². The minimum Gasteiger partial charge on any atom is -0.497 e. The van der Waals surface area contributed by atoms with Crippen LogP contribution < -0.4 is 15.8 Å². The number of nitrogens with zero attached hydrogens (tertiary/aromatic N) is 1. The van der Waals surface area contributed by atoms with E-state index in [1.165, 1.54) is 0 Å². The minimum atomic E-state index is -0.419. The second-order valence-electron chi connectivity index (χ2n) is 3.31. The first-order valence-electron chi connectivity index (χ1n) is 4.60. The number of amidine groups is 1. The molecule has 1 aliphatic rings. The molecule has 0 spiro atoms. The Labute approximate surface area is 101 Å². The van der Waals surface area contributed by atoms with Crippen LogP contribution in [0.4, 0.5) is 4.79 Å². The van der Waals surface area contributed by atoms with Gasteiger partial charge >= 0.3 is 6.03 Å². The maximum atomic E-state index is 11.1. The van der Waals surface area contributed by atoms with Crippen molar-refractivity contribution in [2.24, 2.45) is 10.7 Å². The smallest absolute Gasteiger partial charge is 0.343 e. The Kier molecular flexibility index (Phi) is 2.82. The van der Waals surface area contributed by atoms with Crippen LogP contribution in [0.25, 0.3) is 0 Å². The molecule has 0 saturated heterocycles. The van der Waals surface area contributed by atoms with Gasteiger partial charge in [0.15, 0.2) is 0 Å². The van der Waals surface area contributed by atoms with Gasteiger partial charge in [0, 0.05) is 4.47 Å². The van der Waals surface area contributed by atoms with Crippen LogP contribution in [0.1, 0.15) is 11.6 Å². The molecule has 84 valence electrons. The maximum Gasteiger partial charge on any atom is 0.343 e. The van der Waals surface area contributed by atoms with Crippen LogP contribution in [-0.2, 0) is 0 Å². The van der Waals surface area contributed by atoms with Gasteiger partial charge in [0.25, 0.3) is 0 Å². The molecular weight excluding hydrogens is 274 g/mol. The third-order valence-corrected chi connectivity index (χ3v) is 3.03. The molecule has 1 aromatic rings. The van der Waals surface area contributed by atoms with Crippen LogP contribution in [0.3, 0.4) is 0 Å². The Bertz CT molecular complexity index is 473. The molecule has 0 fully saturated rings. The van der Waals surface area contributed by atoms with Gasteiger partial charge in [0.05, 0.1) is 7.11 Å². The number of amides is 2. The molecule has 1 aliphatic heterocycles. The number of hydrogen-bond acceptors (Lipinski definition) is 3. The van der Waals surface area contributed by atoms with Crippen molar-refractivity contribution in [3.63, 3.8) is 0 Å². The molecule has 0 bridgehead atoms. The van der Waals surface area contributed by atoms with Crippen LogP contribution in [0.2, 0.25) is 0 Å². The average molecular weight is 284 g/mol. The summed E-state index contributed by atoms with van der Waals surface area (Å²) in [5.74, 6) is 0.964. The molecule has 1 aromatic carbocycles. The fraction of sp³-hybridized carbons (Fsp3) is 0.200. The Morgan fingerprint density at radius 1 is 1.56 bits per heavy atom. The molecule has 0 aromatic heterocycles. The highest BCUT2D eigenvalue weighted by atomic mass is 79.9. The van der Waals surface area contributed by atoms with Gasteiger partial charge in [-0.1, -0.05) is 15.9 Å². The molecule has 1 atom stereocenters. The summed E-state index contributed by atoms with van der Waals surface area (Å²) in [5.41, 5.74) is 6.49. The molecule has 1 heterocycles. The summed E-state index contributed by atoms with van der Waals surface area (Å²) in [5, 5.41) is 2.66. The Morgan fingerprint density at radius 2 is 2.31 bits per heavy atom. The summed E-state index contributed by atoms with van der Waals surface area (Å²) in [7, 11) is 1.58. The Morgan fingerprint density at radius 3 is 2.88 bits per heavy atom. The van der Waals surface area contributed by atoms with Crippen molar-refractivity contribution in [3.05, 3.63) is 28.2 Å². The van der Waals surface area contributed by atoms with E-state index in [0.717, 1.165) is 10.0 Å². The van der Waals surface area contributed by atoms with Gasteiger partial charge < -0.3 is 15.8 Å². The van der Waals surface area contributed by atoms with Crippen molar-refractivity contribution >= 4 is 27.8 Å². The summed E-state index contributed by atoms with van der Waals surface area (Å²) >= 11 is 3.40. The third-order valence-electron chi connectivity index (χ3n) is 2.31. The Hall–Kier alpha value is -1.56. The van der Waals surface area contributed by atoms with Gasteiger partial charge in [-0.25, -0.2) is 4.79 Å². The number of aliphatic imine (C=N–C) groups is 1. The lowest BCUT2D eigenvalue weighted by molar-refractivity contribution is 0.250. The van der Waals surface area contributed by atoms with Crippen molar-refractivity contribution in [1.82, 2.24) is 5.32 Å². The molecule has 0 aliphatic carbocycles. The molecular formula is C10H10BrN3O2. The molecule has 0 saturated carbocycles. The van der Waals surface area contributed by atoms with E-state index >= 15 is 0 Å². The first-order chi connectivity index (χ1) is 7.61. The monoisotopic (exact) mass is 283 g/mol. The summed E-state index contributed by atoms with van der Waals surface area (Å²) in [6.45, 7) is 0. The second-order valence-corrected chi connectivity index (χ2v) is 4.16. The van der Waals surface area contributed by atoms with E-state index in [9.17, 15) is 4.79 Å². The predicted molar refractivity (Wildman–Crippen MR) is 63.6 cm³/mol. The number of carbonyl (C=O) groups excluding carboxylic acids is 1. The number of hydrogen-bond donors (Lipinski definition) is 2. The molecule has 3 N–H and O–H groups in total. The highest BCUT2D eigenvalue weighted by Gasteiger charge is 2.26. The molecule has 1 unspecified atom stereocenters. The number of halogens is 1. The molecule has 16 heavy (non-hydrogen) atoms. The summed E-state index contributed by atoms with van der Waals surface area (Å²) in [6.07, 6.45) is 0. The topological polar surface area (TPSA) is 76.7 Å². The highest BCUT2D eigenvalue weighted by Crippen LogP contribution is 2.29. The zero-order chi connectivity index (χ0) is 11.7. The summed E-state index contributed by atoms with van der Waals surface area (Å²) in [4.78, 5) is 14.7. The van der Waals surface area contributed by atoms with E-state index < -0.39 is 12.1 Å². The highest BCUT2D eigenvalue weighted by molar-refractivity contribution is 9.10. The van der Waals surface area contributed by atoms with E-state index in [1.807, 2.05) is 18.2 Å². The average Bonchev–Trinajstić information content (AvgIpc) is 2.58. The number of rotatable bonds is 2. The van der Waals surface area contributed by atoms with Crippen molar-refractivity contribution in [3.8, 4) is 5.75 Å². The SMILES string of the molecule is COc1ccc(Br)c(C2NC(=O)N=C2N)c1. The van der Waals surface area contributed by atoms with Crippen LogP contribution in [0.15, 0.2) is 27.7 Å². The Balaban J connectivity index is 2.40. The standard InChI is InChI=1S/C10H10BrN3O2/c1-16-5-2-3-7(11)6(4-5)8-9(12)14-10(15)13-8/h2-4,8H,1H3,(H3,12,13,14,15). The number of nitrogens with two attached hydrogens (primary N) is 1. The number of ether oxygens (including phenoxy) is 1. The zero-order valence-electron chi connectivity index (χ0n) is 8.53. The van der Waals surface area contributed by atoms with Gasteiger partial charge in [-0.05, 0) is 23.8 Å². The fourth-order valence-corrected chi connectivity index (χ4v) is 1.99. The van der Waals surface area contributed by atoms with Gasteiger partial charge in [-0.2, -0.15) is 4.99 Å². The number of nitrogens with one attached hydrogen (secondary N) is 1. The normalized spacial score (nSPS) is 19.2. The van der Waals surface area contributed by atoms with Crippen molar-refractivity contribution in [2.75, 3.05) is 7.11 Å². The predicted octanol–water partition coefficient (Wildman–Crippen LogP) is 1.58. The number of benzene rings is 1. The van der Waals surface area contributed by atoms with E-state index in [-0.39, 0.29) is 5.84 Å². The summed E-state index contributed by atoms with van der Waals surface area (Å²) < 4.78 is 5.96. The maximum absolute atomic E-state index is 11.1. The van der Waals surface area contributed by atoms with Gasteiger partial charge in [-0.15, -0.1) is 0 Å².